The van der Waals surface area contributed by atoms with E-state index in [4.69, 9.17) is 22.8 Å². The van der Waals surface area contributed by atoms with Gasteiger partial charge in [0.25, 0.3) is 0 Å². The molecule has 0 aromatic heterocycles. The Morgan fingerprint density at radius 1 is 0.700 bits per heavy atom. The van der Waals surface area contributed by atoms with Crippen molar-refractivity contribution in [3.05, 3.63) is 0 Å². The van der Waals surface area contributed by atoms with Crippen LogP contribution in [0, 0.1) is 0 Å². The number of rotatable bonds is 15. The van der Waals surface area contributed by atoms with E-state index in [2.05, 4.69) is 31.9 Å². The fourth-order valence-corrected chi connectivity index (χ4v) is 5.49. The molecule has 0 aliphatic heterocycles. The number of alkyl halides is 2. The van der Waals surface area contributed by atoms with Gasteiger partial charge < -0.3 is 22.8 Å². The lowest BCUT2D eigenvalue weighted by Crippen LogP contribution is -2.48. The van der Waals surface area contributed by atoms with Gasteiger partial charge in [0.2, 0.25) is 0 Å². The lowest BCUT2D eigenvalue weighted by Gasteiger charge is -2.29. The second-order valence-electron chi connectivity index (χ2n) is 3.75. The van der Waals surface area contributed by atoms with Crippen LogP contribution in [0.2, 0.25) is 6.04 Å². The van der Waals surface area contributed by atoms with Crippen molar-refractivity contribution in [1.29, 1.82) is 0 Å². The van der Waals surface area contributed by atoms with Crippen molar-refractivity contribution < 1.29 is 22.8 Å². The van der Waals surface area contributed by atoms with Crippen LogP contribution in [0.15, 0.2) is 0 Å². The van der Waals surface area contributed by atoms with Crippen molar-refractivity contribution in [2.24, 2.45) is 0 Å². The minimum Gasteiger partial charge on any atom is -0.379 e. The fraction of sp³-hybridized carbons (Fsp3) is 1.00. The summed E-state index contributed by atoms with van der Waals surface area (Å²) >= 11 is 6.81. The van der Waals surface area contributed by atoms with Crippen LogP contribution in [-0.2, 0) is 22.8 Å². The van der Waals surface area contributed by atoms with Crippen LogP contribution in [0.3, 0.4) is 0 Å². The molecule has 0 radical (unpaired) electrons. The van der Waals surface area contributed by atoms with Gasteiger partial charge in [-0.2, -0.15) is 0 Å². The molecule has 0 aliphatic rings. The van der Waals surface area contributed by atoms with E-state index in [-0.39, 0.29) is 0 Å². The highest BCUT2D eigenvalue weighted by molar-refractivity contribution is 9.09. The Labute approximate surface area is 140 Å². The molecule has 0 bridgehead atoms. The van der Waals surface area contributed by atoms with Gasteiger partial charge in [0, 0.05) is 36.5 Å². The molecular formula is C12H26Br2O5Si. The first kappa shape index (κ1) is 21.0. The molecule has 5 nitrogen and oxygen atoms in total. The van der Waals surface area contributed by atoms with Crippen molar-refractivity contribution >= 4 is 40.7 Å². The molecule has 0 aliphatic carbocycles. The number of ether oxygens (including phenoxy) is 2. The summed E-state index contributed by atoms with van der Waals surface area (Å²) in [5.74, 6) is 0. The summed E-state index contributed by atoms with van der Waals surface area (Å²) in [4.78, 5) is 0. The van der Waals surface area contributed by atoms with Gasteiger partial charge in [-0.3, -0.25) is 0 Å². The van der Waals surface area contributed by atoms with Gasteiger partial charge >= 0.3 is 8.80 Å². The average molecular weight is 438 g/mol. The molecule has 0 unspecified atom stereocenters. The maximum atomic E-state index is 5.92. The Hall–Kier alpha value is 0.977. The van der Waals surface area contributed by atoms with Gasteiger partial charge in [0.05, 0.1) is 26.4 Å². The third-order valence-corrected chi connectivity index (χ3v) is 6.55. The summed E-state index contributed by atoms with van der Waals surface area (Å²) in [5.41, 5.74) is 0. The van der Waals surface area contributed by atoms with E-state index in [1.807, 2.05) is 13.8 Å². The van der Waals surface area contributed by atoms with Crippen molar-refractivity contribution in [2.75, 3.05) is 56.9 Å². The van der Waals surface area contributed by atoms with Crippen LogP contribution < -0.4 is 0 Å². The molecule has 0 aromatic carbocycles. The predicted octanol–water partition coefficient (Wildman–Crippen LogP) is 2.84. The van der Waals surface area contributed by atoms with Crippen molar-refractivity contribution in [3.63, 3.8) is 0 Å². The molecule has 122 valence electrons. The summed E-state index contributed by atoms with van der Waals surface area (Å²) in [7, 11) is -2.65. The fourth-order valence-electron chi connectivity index (χ4n) is 1.45. The van der Waals surface area contributed by atoms with E-state index in [1.165, 1.54) is 0 Å². The highest BCUT2D eigenvalue weighted by atomic mass is 79.9. The Morgan fingerprint density at radius 3 is 1.60 bits per heavy atom. The topological polar surface area (TPSA) is 46.2 Å². The molecule has 0 atom stereocenters. The van der Waals surface area contributed by atoms with E-state index in [0.29, 0.717) is 46.2 Å². The number of hydrogen-bond acceptors (Lipinski definition) is 5. The number of halogens is 2. The highest BCUT2D eigenvalue weighted by Gasteiger charge is 2.40. The second-order valence-corrected chi connectivity index (χ2v) is 8.07. The summed E-state index contributed by atoms with van der Waals surface area (Å²) in [6, 6.07) is 0.734. The minimum absolute atomic E-state index is 0.490. The monoisotopic (exact) mass is 436 g/mol. The molecule has 0 spiro atoms. The molecule has 0 heterocycles. The van der Waals surface area contributed by atoms with Crippen LogP contribution in [0.1, 0.15) is 13.8 Å². The maximum Gasteiger partial charge on any atom is 0.502 e. The van der Waals surface area contributed by atoms with E-state index >= 15 is 0 Å². The van der Waals surface area contributed by atoms with E-state index in [0.717, 1.165) is 16.7 Å². The molecule has 20 heavy (non-hydrogen) atoms. The second kappa shape index (κ2) is 14.9. The average Bonchev–Trinajstić information content (AvgIpc) is 2.46. The third-order valence-electron chi connectivity index (χ3n) is 2.31. The lowest BCUT2D eigenvalue weighted by molar-refractivity contribution is 0.0191. The zero-order chi connectivity index (χ0) is 15.1. The van der Waals surface area contributed by atoms with Gasteiger partial charge in [-0.1, -0.05) is 31.9 Å². The first-order valence-electron chi connectivity index (χ1n) is 6.94. The zero-order valence-corrected chi connectivity index (χ0v) is 16.5. The Morgan fingerprint density at radius 2 is 1.20 bits per heavy atom. The van der Waals surface area contributed by atoms with Crippen LogP contribution in [0.4, 0.5) is 0 Å². The Balaban J connectivity index is 4.32. The molecule has 0 rings (SSSR count). The molecule has 0 saturated heterocycles. The van der Waals surface area contributed by atoms with E-state index in [9.17, 15) is 0 Å². The first-order valence-corrected chi connectivity index (χ1v) is 11.1. The largest absolute Gasteiger partial charge is 0.502 e. The van der Waals surface area contributed by atoms with Crippen LogP contribution in [0.25, 0.3) is 0 Å². The Bertz CT molecular complexity index is 200. The summed E-state index contributed by atoms with van der Waals surface area (Å²) < 4.78 is 28.3. The van der Waals surface area contributed by atoms with Crippen LogP contribution in [-0.4, -0.2) is 65.7 Å². The molecule has 0 N–H and O–H groups in total. The standard InChI is InChI=1S/C12H26Br2O5Si/c1-3-15-8-10-18-20(12-6-14,17-7-5-13)19-11-9-16-4-2/h3-12H2,1-2H3. The van der Waals surface area contributed by atoms with Gasteiger partial charge in [-0.15, -0.1) is 0 Å². The Kier molecular flexibility index (Phi) is 15.6. The SMILES string of the molecule is CCOCCO[Si](CCBr)(OCCBr)OCCOCC. The van der Waals surface area contributed by atoms with Crippen LogP contribution in [0.5, 0.6) is 0 Å². The molecule has 0 saturated carbocycles. The van der Waals surface area contributed by atoms with Crippen LogP contribution >= 0.6 is 31.9 Å². The summed E-state index contributed by atoms with van der Waals surface area (Å²) in [5, 5.41) is 1.54. The molecule has 0 amide bonds. The van der Waals surface area contributed by atoms with Crippen molar-refractivity contribution in [3.8, 4) is 0 Å². The quantitative estimate of drug-likeness (QED) is 0.224. The van der Waals surface area contributed by atoms with Crippen molar-refractivity contribution in [1.82, 2.24) is 0 Å². The normalized spacial score (nSPS) is 12.0. The minimum atomic E-state index is -2.65. The predicted molar refractivity (Wildman–Crippen MR) is 89.0 cm³/mol. The molecule has 0 fully saturated rings. The molecular weight excluding hydrogens is 412 g/mol. The third kappa shape index (κ3) is 10.7. The maximum absolute atomic E-state index is 5.92. The smallest absolute Gasteiger partial charge is 0.379 e. The highest BCUT2D eigenvalue weighted by Crippen LogP contribution is 2.17. The molecule has 0 aromatic rings. The van der Waals surface area contributed by atoms with Gasteiger partial charge in [-0.25, -0.2) is 0 Å². The zero-order valence-electron chi connectivity index (χ0n) is 12.4. The van der Waals surface area contributed by atoms with Gasteiger partial charge in [0.1, 0.15) is 0 Å². The lowest BCUT2D eigenvalue weighted by atomic mass is 10.8. The van der Waals surface area contributed by atoms with Gasteiger partial charge in [0.15, 0.2) is 0 Å². The van der Waals surface area contributed by atoms with Crippen molar-refractivity contribution in [2.45, 2.75) is 19.9 Å². The number of hydrogen-bond donors (Lipinski definition) is 0. The molecule has 8 heteroatoms. The van der Waals surface area contributed by atoms with E-state index < -0.39 is 8.80 Å². The first-order chi connectivity index (χ1) is 9.74. The van der Waals surface area contributed by atoms with E-state index in [1.54, 1.807) is 0 Å². The van der Waals surface area contributed by atoms with Gasteiger partial charge in [-0.05, 0) is 13.8 Å². The summed E-state index contributed by atoms with van der Waals surface area (Å²) in [6.07, 6.45) is 0. The summed E-state index contributed by atoms with van der Waals surface area (Å²) in [6.45, 7) is 7.95.